The third-order valence-electron chi connectivity index (χ3n) is 2.59. The molecule has 1 rings (SSSR count). The van der Waals surface area contributed by atoms with Gasteiger partial charge in [0.15, 0.2) is 0 Å². The summed E-state index contributed by atoms with van der Waals surface area (Å²) in [5, 5.41) is 0. The van der Waals surface area contributed by atoms with Crippen LogP contribution in [0.15, 0.2) is 0 Å². The molecule has 0 bridgehead atoms. The molecule has 64 valence electrons. The minimum absolute atomic E-state index is 0.755. The van der Waals surface area contributed by atoms with Gasteiger partial charge in [0.05, 0.1) is 33.1 Å². The van der Waals surface area contributed by atoms with Crippen LogP contribution < -0.4 is 0 Å². The highest BCUT2D eigenvalue weighted by Gasteiger charge is 2.28. The SMILES string of the molecule is CCN(C)C1=[N+](C)CCC1C. The maximum Gasteiger partial charge on any atom is 0.249 e. The molecule has 0 aromatic carbocycles. The lowest BCUT2D eigenvalue weighted by molar-refractivity contribution is -0.493. The lowest BCUT2D eigenvalue weighted by Gasteiger charge is -2.13. The first-order valence-electron chi connectivity index (χ1n) is 4.46. The second-order valence-corrected chi connectivity index (χ2v) is 3.48. The molecule has 0 aliphatic carbocycles. The Morgan fingerprint density at radius 3 is 2.64 bits per heavy atom. The second kappa shape index (κ2) is 3.24. The molecule has 1 heterocycles. The zero-order chi connectivity index (χ0) is 8.43. The number of amidine groups is 1. The Balaban J connectivity index is 2.74. The van der Waals surface area contributed by atoms with Gasteiger partial charge in [0.25, 0.3) is 0 Å². The van der Waals surface area contributed by atoms with Gasteiger partial charge in [0.1, 0.15) is 0 Å². The minimum atomic E-state index is 0.755. The highest BCUT2D eigenvalue weighted by molar-refractivity contribution is 5.80. The lowest BCUT2D eigenvalue weighted by Crippen LogP contribution is -2.33. The van der Waals surface area contributed by atoms with Gasteiger partial charge < -0.3 is 0 Å². The summed E-state index contributed by atoms with van der Waals surface area (Å²) in [5.41, 5.74) is 0. The molecule has 0 saturated carbocycles. The van der Waals surface area contributed by atoms with Gasteiger partial charge >= 0.3 is 0 Å². The summed E-state index contributed by atoms with van der Waals surface area (Å²) in [6.07, 6.45) is 1.32. The standard InChI is InChI=1S/C9H19N2/c1-5-10(3)9-8(2)6-7-11(9)4/h8H,5-7H2,1-4H3/q+1. The van der Waals surface area contributed by atoms with E-state index in [2.05, 4.69) is 37.4 Å². The van der Waals surface area contributed by atoms with Crippen LogP contribution in [0.5, 0.6) is 0 Å². The van der Waals surface area contributed by atoms with E-state index in [0.717, 1.165) is 12.5 Å². The summed E-state index contributed by atoms with van der Waals surface area (Å²) in [7, 11) is 4.36. The Morgan fingerprint density at radius 2 is 2.27 bits per heavy atom. The molecular weight excluding hydrogens is 136 g/mol. The van der Waals surface area contributed by atoms with Crippen LogP contribution in [0.3, 0.4) is 0 Å². The van der Waals surface area contributed by atoms with Crippen LogP contribution in [0.1, 0.15) is 20.3 Å². The van der Waals surface area contributed by atoms with Gasteiger partial charge in [-0.3, -0.25) is 9.48 Å². The van der Waals surface area contributed by atoms with Crippen molar-refractivity contribution in [3.8, 4) is 0 Å². The van der Waals surface area contributed by atoms with Gasteiger partial charge in [-0.25, -0.2) is 0 Å². The summed E-state index contributed by atoms with van der Waals surface area (Å²) < 4.78 is 2.37. The zero-order valence-electron chi connectivity index (χ0n) is 8.09. The van der Waals surface area contributed by atoms with E-state index in [9.17, 15) is 0 Å². The highest BCUT2D eigenvalue weighted by atomic mass is 15.2. The van der Waals surface area contributed by atoms with Crippen LogP contribution in [0.4, 0.5) is 0 Å². The van der Waals surface area contributed by atoms with Crippen LogP contribution in [0.2, 0.25) is 0 Å². The van der Waals surface area contributed by atoms with Gasteiger partial charge in [-0.15, -0.1) is 0 Å². The van der Waals surface area contributed by atoms with E-state index >= 15 is 0 Å². The molecule has 1 aliphatic heterocycles. The Morgan fingerprint density at radius 1 is 1.64 bits per heavy atom. The quantitative estimate of drug-likeness (QED) is 0.512. The van der Waals surface area contributed by atoms with Crippen molar-refractivity contribution in [2.24, 2.45) is 5.92 Å². The first-order chi connectivity index (χ1) is 5.16. The molecule has 11 heavy (non-hydrogen) atoms. The Bertz CT molecular complexity index is 172. The van der Waals surface area contributed by atoms with Crippen molar-refractivity contribution < 1.29 is 4.58 Å². The van der Waals surface area contributed by atoms with Crippen LogP contribution >= 0.6 is 0 Å². The number of rotatable bonds is 1. The molecule has 0 N–H and O–H groups in total. The Kier molecular flexibility index (Phi) is 2.53. The fourth-order valence-electron chi connectivity index (χ4n) is 1.84. The molecule has 0 spiro atoms. The first-order valence-corrected chi connectivity index (χ1v) is 4.46. The third-order valence-corrected chi connectivity index (χ3v) is 2.59. The minimum Gasteiger partial charge on any atom is -0.268 e. The summed E-state index contributed by atoms with van der Waals surface area (Å²) in [5.74, 6) is 2.26. The van der Waals surface area contributed by atoms with E-state index in [1.165, 1.54) is 18.8 Å². The topological polar surface area (TPSA) is 6.25 Å². The number of nitrogens with zero attached hydrogens (tertiary/aromatic N) is 2. The van der Waals surface area contributed by atoms with Gasteiger partial charge in [-0.1, -0.05) is 6.92 Å². The molecular formula is C9H19N2+. The molecule has 1 aliphatic rings. The largest absolute Gasteiger partial charge is 0.268 e. The van der Waals surface area contributed by atoms with E-state index in [0.29, 0.717) is 0 Å². The van der Waals surface area contributed by atoms with E-state index < -0.39 is 0 Å². The molecule has 0 fully saturated rings. The van der Waals surface area contributed by atoms with E-state index in [-0.39, 0.29) is 0 Å². The van der Waals surface area contributed by atoms with Crippen molar-refractivity contribution in [2.45, 2.75) is 20.3 Å². The van der Waals surface area contributed by atoms with E-state index in [1.54, 1.807) is 0 Å². The van der Waals surface area contributed by atoms with Crippen LogP contribution in [-0.2, 0) is 0 Å². The number of hydrogen-bond acceptors (Lipinski definition) is 1. The van der Waals surface area contributed by atoms with Crippen molar-refractivity contribution in [1.29, 1.82) is 0 Å². The van der Waals surface area contributed by atoms with Gasteiger partial charge in [-0.05, 0) is 13.3 Å². The van der Waals surface area contributed by atoms with Crippen LogP contribution in [-0.4, -0.2) is 42.5 Å². The Hall–Kier alpha value is -0.530. The van der Waals surface area contributed by atoms with Crippen molar-refractivity contribution in [2.75, 3.05) is 27.2 Å². The molecule has 0 radical (unpaired) electrons. The summed E-state index contributed by atoms with van der Waals surface area (Å²) in [4.78, 5) is 2.34. The molecule has 0 saturated heterocycles. The first kappa shape index (κ1) is 8.57. The molecule has 0 amide bonds. The second-order valence-electron chi connectivity index (χ2n) is 3.48. The summed E-state index contributed by atoms with van der Waals surface area (Å²) >= 11 is 0. The third kappa shape index (κ3) is 1.55. The summed E-state index contributed by atoms with van der Waals surface area (Å²) in [6, 6.07) is 0. The van der Waals surface area contributed by atoms with Gasteiger partial charge in [-0.2, -0.15) is 0 Å². The maximum absolute atomic E-state index is 2.37. The predicted octanol–water partition coefficient (Wildman–Crippen LogP) is 1.02. The molecule has 2 heteroatoms. The molecule has 0 aromatic heterocycles. The van der Waals surface area contributed by atoms with Crippen LogP contribution in [0.25, 0.3) is 0 Å². The summed E-state index contributed by atoms with van der Waals surface area (Å²) in [6.45, 7) is 6.85. The smallest absolute Gasteiger partial charge is 0.249 e. The van der Waals surface area contributed by atoms with Crippen molar-refractivity contribution >= 4 is 5.84 Å². The average molecular weight is 155 g/mol. The van der Waals surface area contributed by atoms with Crippen LogP contribution in [0, 0.1) is 5.92 Å². The molecule has 2 nitrogen and oxygen atoms in total. The van der Waals surface area contributed by atoms with Gasteiger partial charge in [0, 0.05) is 0 Å². The van der Waals surface area contributed by atoms with Crippen molar-refractivity contribution in [3.63, 3.8) is 0 Å². The predicted molar refractivity (Wildman–Crippen MR) is 48.1 cm³/mol. The number of hydrogen-bond donors (Lipinski definition) is 0. The van der Waals surface area contributed by atoms with E-state index in [1.807, 2.05) is 0 Å². The fraction of sp³-hybridized carbons (Fsp3) is 0.889. The molecule has 1 unspecified atom stereocenters. The van der Waals surface area contributed by atoms with Gasteiger partial charge in [0.2, 0.25) is 5.84 Å². The normalized spacial score (nSPS) is 24.5. The highest BCUT2D eigenvalue weighted by Crippen LogP contribution is 2.13. The average Bonchev–Trinajstić information content (AvgIpc) is 2.30. The van der Waals surface area contributed by atoms with E-state index in [4.69, 9.17) is 0 Å². The molecule has 0 aromatic rings. The maximum atomic E-state index is 2.37. The van der Waals surface area contributed by atoms with Crippen molar-refractivity contribution in [3.05, 3.63) is 0 Å². The van der Waals surface area contributed by atoms with Crippen molar-refractivity contribution in [1.82, 2.24) is 4.90 Å². The lowest BCUT2D eigenvalue weighted by atomic mass is 10.1. The fourth-order valence-corrected chi connectivity index (χ4v) is 1.84. The Labute approximate surface area is 69.5 Å². The zero-order valence-corrected chi connectivity index (χ0v) is 8.09. The molecule has 1 atom stereocenters. The monoisotopic (exact) mass is 155 g/mol.